The van der Waals surface area contributed by atoms with Gasteiger partial charge in [-0.15, -0.1) is 0 Å². The molecule has 1 aliphatic heterocycles. The zero-order valence-corrected chi connectivity index (χ0v) is 18.0. The van der Waals surface area contributed by atoms with Crippen LogP contribution < -0.4 is 11.3 Å². The van der Waals surface area contributed by atoms with Gasteiger partial charge in [-0.3, -0.25) is 18.9 Å². The minimum atomic E-state index is -5.73. The highest BCUT2D eigenvalue weighted by atomic mass is 31.3. The third-order valence-electron chi connectivity index (χ3n) is 3.88. The number of aromatic amines is 1. The van der Waals surface area contributed by atoms with Crippen LogP contribution in [0, 0.1) is 0 Å². The Balaban J connectivity index is 0.00000385. The second kappa shape index (κ2) is 10.1. The van der Waals surface area contributed by atoms with Gasteiger partial charge in [-0.1, -0.05) is 0 Å². The number of aromatic nitrogens is 4. The molecule has 0 aromatic carbocycles. The van der Waals surface area contributed by atoms with Crippen LogP contribution in [0.5, 0.6) is 0 Å². The number of hydrogen-bond acceptors (Lipinski definition) is 13. The van der Waals surface area contributed by atoms with Crippen molar-refractivity contribution in [2.24, 2.45) is 0 Å². The normalized spacial score (nSPS) is 27.1. The Kier molecular flexibility index (Phi) is 8.67. The van der Waals surface area contributed by atoms with Crippen LogP contribution in [0.2, 0.25) is 0 Å². The standard InChI is InChI=1S/C10H16N5O14P3.Mg.2H/c11-10-13-7-4(8(18)14-10)12-2-15(7)9-6(17)5(16)3(27-9)1-26-31(22,23)29-32(24,25)28-30(19,20)21;;;/h2-3,5-6,9,16-17H,1H2,(H,22,23)(H,24,25)(H2,19,20,21)(H3,11,13,14,18);;;/t3-,5-,6-,9-;;;/m1.../s1. The topological polar surface area (TPSA) is 299 Å². The van der Waals surface area contributed by atoms with Gasteiger partial charge >= 0.3 is 46.5 Å². The molecule has 0 saturated carbocycles. The molecule has 23 heteroatoms. The van der Waals surface area contributed by atoms with E-state index in [0.717, 1.165) is 10.9 Å². The van der Waals surface area contributed by atoms with Crippen molar-refractivity contribution in [3.63, 3.8) is 0 Å². The largest absolute Gasteiger partial charge is 0.490 e. The third kappa shape index (κ3) is 6.88. The molecule has 1 aliphatic rings. The van der Waals surface area contributed by atoms with Gasteiger partial charge < -0.3 is 40.3 Å². The second-order valence-corrected chi connectivity index (χ2v) is 10.6. The summed E-state index contributed by atoms with van der Waals surface area (Å²) >= 11 is 0. The van der Waals surface area contributed by atoms with Crippen molar-refractivity contribution in [3.8, 4) is 0 Å². The molecule has 2 aromatic heterocycles. The number of ether oxygens (including phenoxy) is 1. The number of nitrogens with one attached hydrogen (secondary N) is 1. The van der Waals surface area contributed by atoms with Gasteiger partial charge in [0.25, 0.3) is 5.56 Å². The molecule has 2 aromatic rings. The molecule has 2 unspecified atom stereocenters. The fourth-order valence-electron chi connectivity index (χ4n) is 2.70. The Morgan fingerprint density at radius 2 is 1.76 bits per heavy atom. The van der Waals surface area contributed by atoms with Gasteiger partial charge in [0.1, 0.15) is 18.3 Å². The first-order chi connectivity index (χ1) is 14.6. The average molecular weight is 550 g/mol. The van der Waals surface area contributed by atoms with Gasteiger partial charge in [-0.2, -0.15) is 13.6 Å². The summed E-state index contributed by atoms with van der Waals surface area (Å²) in [5, 5.41) is 20.4. The Labute approximate surface area is 198 Å². The van der Waals surface area contributed by atoms with Crippen molar-refractivity contribution in [3.05, 3.63) is 16.7 Å². The van der Waals surface area contributed by atoms with Gasteiger partial charge in [-0.25, -0.2) is 18.7 Å². The smallest absolute Gasteiger partial charge is 0.387 e. The molecule has 1 fully saturated rings. The number of phosphoric ester groups is 1. The van der Waals surface area contributed by atoms with E-state index >= 15 is 0 Å². The summed E-state index contributed by atoms with van der Waals surface area (Å²) in [4.78, 5) is 57.3. The van der Waals surface area contributed by atoms with Gasteiger partial charge in [-0.05, 0) is 0 Å². The number of H-pyrrole nitrogens is 1. The summed E-state index contributed by atoms with van der Waals surface area (Å²) in [6.07, 6.45) is -5.33. The van der Waals surface area contributed by atoms with Crippen LogP contribution in [-0.4, -0.2) is 97.3 Å². The number of hydrogen-bond donors (Lipinski definition) is 8. The lowest BCUT2D eigenvalue weighted by atomic mass is 10.1. The number of rotatable bonds is 8. The van der Waals surface area contributed by atoms with E-state index in [1.165, 1.54) is 0 Å². The van der Waals surface area contributed by atoms with Crippen LogP contribution in [0.15, 0.2) is 11.1 Å². The fraction of sp³-hybridized carbons (Fsp3) is 0.500. The number of nitrogens with zero attached hydrogens (tertiary/aromatic N) is 3. The number of phosphoric acid groups is 3. The second-order valence-electron chi connectivity index (χ2n) is 6.21. The lowest BCUT2D eigenvalue weighted by Crippen LogP contribution is -2.33. The maximum absolute atomic E-state index is 11.9. The number of anilines is 1. The van der Waals surface area contributed by atoms with E-state index in [1.807, 2.05) is 0 Å². The molecule has 184 valence electrons. The maximum atomic E-state index is 11.9. The first-order valence-electron chi connectivity index (χ1n) is 8.11. The molecule has 0 amide bonds. The zero-order chi connectivity index (χ0) is 24.1. The Morgan fingerprint density at radius 3 is 2.36 bits per heavy atom. The molecule has 33 heavy (non-hydrogen) atoms. The first kappa shape index (κ1) is 28.4. The molecule has 0 bridgehead atoms. The quantitative estimate of drug-likeness (QED) is 0.118. The fourth-order valence-corrected chi connectivity index (χ4v) is 5.73. The predicted molar refractivity (Wildman–Crippen MR) is 107 cm³/mol. The molecular formula is C10H18MgN5O14P3. The van der Waals surface area contributed by atoms with Gasteiger partial charge in [0.2, 0.25) is 5.95 Å². The molecule has 3 heterocycles. The van der Waals surface area contributed by atoms with Crippen molar-refractivity contribution < 1.29 is 61.4 Å². The number of nitrogen functional groups attached to an aromatic ring is 1. The van der Waals surface area contributed by atoms with E-state index < -0.39 is 60.2 Å². The molecule has 1 saturated heterocycles. The van der Waals surface area contributed by atoms with E-state index in [4.69, 9.17) is 25.2 Å². The summed E-state index contributed by atoms with van der Waals surface area (Å²) in [5.74, 6) is -0.276. The molecule has 0 radical (unpaired) electrons. The van der Waals surface area contributed by atoms with Crippen LogP contribution in [-0.2, 0) is 31.6 Å². The highest BCUT2D eigenvalue weighted by Gasteiger charge is 2.47. The van der Waals surface area contributed by atoms with Crippen LogP contribution >= 0.6 is 23.5 Å². The van der Waals surface area contributed by atoms with Gasteiger partial charge in [0, 0.05) is 0 Å². The Hall–Kier alpha value is -0.794. The summed E-state index contributed by atoms with van der Waals surface area (Å²) in [5.41, 5.74) is 4.50. The predicted octanol–water partition coefficient (Wildman–Crippen LogP) is -3.25. The molecule has 0 aliphatic carbocycles. The summed E-state index contributed by atoms with van der Waals surface area (Å²) in [6, 6.07) is 0. The first-order valence-corrected chi connectivity index (χ1v) is 12.6. The van der Waals surface area contributed by atoms with Crippen molar-refractivity contribution >= 4 is 63.6 Å². The van der Waals surface area contributed by atoms with Gasteiger partial charge in [0.05, 0.1) is 12.9 Å². The van der Waals surface area contributed by atoms with E-state index in [2.05, 4.69) is 28.1 Å². The summed E-state index contributed by atoms with van der Waals surface area (Å²) in [7, 11) is -16.8. The number of aliphatic hydroxyl groups is 2. The Bertz CT molecular complexity index is 1210. The van der Waals surface area contributed by atoms with Crippen molar-refractivity contribution in [1.29, 1.82) is 0 Å². The highest BCUT2D eigenvalue weighted by molar-refractivity contribution is 7.66. The minimum Gasteiger partial charge on any atom is -0.387 e. The number of imidazole rings is 1. The molecule has 9 N–H and O–H groups in total. The van der Waals surface area contributed by atoms with Crippen molar-refractivity contribution in [2.45, 2.75) is 24.5 Å². The number of nitrogens with two attached hydrogens (primary N) is 1. The van der Waals surface area contributed by atoms with Crippen molar-refractivity contribution in [2.75, 3.05) is 12.3 Å². The number of aliphatic hydroxyl groups excluding tert-OH is 2. The summed E-state index contributed by atoms with van der Waals surface area (Å²) in [6.45, 7) is -1.01. The molecule has 6 atom stereocenters. The summed E-state index contributed by atoms with van der Waals surface area (Å²) < 4.78 is 51.6. The molecular weight excluding hydrogens is 531 g/mol. The van der Waals surface area contributed by atoms with Crippen LogP contribution in [0.25, 0.3) is 11.2 Å². The number of fused-ring (bicyclic) bond motifs is 1. The lowest BCUT2D eigenvalue weighted by molar-refractivity contribution is -0.0503. The molecule has 3 rings (SSSR count). The van der Waals surface area contributed by atoms with Crippen LogP contribution in [0.1, 0.15) is 6.23 Å². The molecule has 19 nitrogen and oxygen atoms in total. The van der Waals surface area contributed by atoms with Crippen LogP contribution in [0.3, 0.4) is 0 Å². The lowest BCUT2D eigenvalue weighted by Gasteiger charge is -2.19. The zero-order valence-electron chi connectivity index (χ0n) is 15.3. The maximum Gasteiger partial charge on any atom is 0.490 e. The monoisotopic (exact) mass is 549 g/mol. The SMILES string of the molecule is Nc1nc2c(ncn2[C@@H]2O[C@H](COP(=O)(O)OP(=O)(O)OP(=O)(O)O)[C@@H](O)[C@H]2O)c(=O)[nH]1.[MgH2]. The van der Waals surface area contributed by atoms with Crippen LogP contribution in [0.4, 0.5) is 5.95 Å². The minimum absolute atomic E-state index is 0. The van der Waals surface area contributed by atoms with E-state index in [9.17, 15) is 33.6 Å². The van der Waals surface area contributed by atoms with E-state index in [-0.39, 0.29) is 40.2 Å². The van der Waals surface area contributed by atoms with Gasteiger partial charge in [0.15, 0.2) is 17.4 Å². The average Bonchev–Trinajstić information content (AvgIpc) is 3.12. The molecule has 0 spiro atoms. The van der Waals surface area contributed by atoms with E-state index in [0.29, 0.717) is 0 Å². The van der Waals surface area contributed by atoms with E-state index in [1.54, 1.807) is 0 Å². The van der Waals surface area contributed by atoms with Crippen molar-refractivity contribution in [1.82, 2.24) is 19.5 Å². The highest BCUT2D eigenvalue weighted by Crippen LogP contribution is 2.66. The third-order valence-corrected chi connectivity index (χ3v) is 7.68. The Morgan fingerprint density at radius 1 is 1.12 bits per heavy atom.